The number of benzene rings is 1. The Morgan fingerprint density at radius 1 is 1.05 bits per heavy atom. The number of piperazine rings is 1. The van der Waals surface area contributed by atoms with Gasteiger partial charge in [-0.25, -0.2) is 0 Å². The second-order valence-electron chi connectivity index (χ2n) is 5.17. The third kappa shape index (κ3) is 3.57. The molecule has 0 aromatic heterocycles. The maximum Gasteiger partial charge on any atom is 0.253 e. The molecule has 0 radical (unpaired) electrons. The van der Waals surface area contributed by atoms with E-state index in [1.54, 1.807) is 0 Å². The van der Waals surface area contributed by atoms with Gasteiger partial charge in [0.05, 0.1) is 0 Å². The fourth-order valence-corrected chi connectivity index (χ4v) is 2.55. The fourth-order valence-electron chi connectivity index (χ4n) is 2.55. The molecule has 104 valence electrons. The van der Waals surface area contributed by atoms with Crippen molar-refractivity contribution in [1.29, 1.82) is 0 Å². The molecule has 0 N–H and O–H groups in total. The monoisotopic (exact) mass is 260 g/mol. The van der Waals surface area contributed by atoms with E-state index in [1.165, 1.54) is 5.56 Å². The number of carbonyl (C=O) groups excluding carboxylic acids is 1. The Morgan fingerprint density at radius 2 is 1.68 bits per heavy atom. The van der Waals surface area contributed by atoms with Gasteiger partial charge in [0.15, 0.2) is 0 Å². The van der Waals surface area contributed by atoms with E-state index in [9.17, 15) is 4.79 Å². The van der Waals surface area contributed by atoms with Crippen LogP contribution in [0.15, 0.2) is 24.3 Å². The highest BCUT2D eigenvalue weighted by atomic mass is 16.2. The molecule has 1 aromatic carbocycles. The first-order valence-corrected chi connectivity index (χ1v) is 7.35. The number of likely N-dealkylation sites (N-methyl/N-ethyl adjacent to an activating group) is 1. The lowest BCUT2D eigenvalue weighted by Crippen LogP contribution is -2.48. The topological polar surface area (TPSA) is 23.6 Å². The summed E-state index contributed by atoms with van der Waals surface area (Å²) >= 11 is 0. The Hall–Kier alpha value is -1.35. The Kier molecular flexibility index (Phi) is 4.97. The first-order chi connectivity index (χ1) is 9.24. The molecule has 0 bridgehead atoms. The standard InChI is InChI=1S/C16H24N2O/c1-3-5-14-6-8-15(9-7-14)16(19)18-12-10-17(4-2)11-13-18/h6-9H,3-5,10-13H2,1-2H3. The SMILES string of the molecule is CCCc1ccc(C(=O)N2CCN(CC)CC2)cc1. The van der Waals surface area contributed by atoms with Gasteiger partial charge in [-0.2, -0.15) is 0 Å². The number of amides is 1. The summed E-state index contributed by atoms with van der Waals surface area (Å²) < 4.78 is 0. The number of rotatable bonds is 4. The van der Waals surface area contributed by atoms with Crippen molar-refractivity contribution in [3.05, 3.63) is 35.4 Å². The van der Waals surface area contributed by atoms with Crippen molar-refractivity contribution in [1.82, 2.24) is 9.80 Å². The molecule has 19 heavy (non-hydrogen) atoms. The molecule has 1 aliphatic heterocycles. The van der Waals surface area contributed by atoms with Crippen molar-refractivity contribution in [3.63, 3.8) is 0 Å². The number of hydrogen-bond acceptors (Lipinski definition) is 2. The van der Waals surface area contributed by atoms with Crippen LogP contribution in [0.4, 0.5) is 0 Å². The molecule has 2 rings (SSSR count). The van der Waals surface area contributed by atoms with Gasteiger partial charge < -0.3 is 9.80 Å². The number of carbonyl (C=O) groups is 1. The predicted octanol–water partition coefficient (Wildman–Crippen LogP) is 2.42. The summed E-state index contributed by atoms with van der Waals surface area (Å²) in [6.07, 6.45) is 2.23. The highest BCUT2D eigenvalue weighted by Crippen LogP contribution is 2.11. The summed E-state index contributed by atoms with van der Waals surface area (Å²) in [6, 6.07) is 8.11. The maximum atomic E-state index is 12.4. The molecule has 1 saturated heterocycles. The van der Waals surface area contributed by atoms with Gasteiger partial charge >= 0.3 is 0 Å². The van der Waals surface area contributed by atoms with E-state index < -0.39 is 0 Å². The second kappa shape index (κ2) is 6.71. The first-order valence-electron chi connectivity index (χ1n) is 7.35. The molecule has 3 heteroatoms. The quantitative estimate of drug-likeness (QED) is 0.830. The smallest absolute Gasteiger partial charge is 0.253 e. The van der Waals surface area contributed by atoms with Crippen molar-refractivity contribution in [2.75, 3.05) is 32.7 Å². The van der Waals surface area contributed by atoms with Crippen molar-refractivity contribution >= 4 is 5.91 Å². The second-order valence-corrected chi connectivity index (χ2v) is 5.17. The third-order valence-electron chi connectivity index (χ3n) is 3.85. The van der Waals surface area contributed by atoms with Crippen LogP contribution in [0.3, 0.4) is 0 Å². The summed E-state index contributed by atoms with van der Waals surface area (Å²) in [5.41, 5.74) is 2.14. The van der Waals surface area contributed by atoms with Crippen LogP contribution in [0.1, 0.15) is 36.2 Å². The lowest BCUT2D eigenvalue weighted by molar-refractivity contribution is 0.0643. The Balaban J connectivity index is 1.96. The van der Waals surface area contributed by atoms with Crippen LogP contribution in [0.2, 0.25) is 0 Å². The average molecular weight is 260 g/mol. The molecular formula is C16H24N2O. The van der Waals surface area contributed by atoms with Crippen LogP contribution in [0, 0.1) is 0 Å². The fraction of sp³-hybridized carbons (Fsp3) is 0.562. The minimum Gasteiger partial charge on any atom is -0.336 e. The molecule has 0 atom stereocenters. The zero-order chi connectivity index (χ0) is 13.7. The van der Waals surface area contributed by atoms with Gasteiger partial charge in [0.25, 0.3) is 5.91 Å². The lowest BCUT2D eigenvalue weighted by Gasteiger charge is -2.34. The Labute approximate surface area is 116 Å². The summed E-state index contributed by atoms with van der Waals surface area (Å²) in [7, 11) is 0. The van der Waals surface area contributed by atoms with E-state index in [0.717, 1.165) is 51.1 Å². The van der Waals surface area contributed by atoms with Crippen molar-refractivity contribution in [2.24, 2.45) is 0 Å². The third-order valence-corrected chi connectivity index (χ3v) is 3.85. The largest absolute Gasteiger partial charge is 0.336 e. The van der Waals surface area contributed by atoms with Crippen LogP contribution >= 0.6 is 0 Å². The summed E-state index contributed by atoms with van der Waals surface area (Å²) in [6.45, 7) is 9.11. The van der Waals surface area contributed by atoms with E-state index in [0.29, 0.717) is 0 Å². The summed E-state index contributed by atoms with van der Waals surface area (Å²) in [5, 5.41) is 0. The molecule has 0 unspecified atom stereocenters. The minimum atomic E-state index is 0.179. The van der Waals surface area contributed by atoms with Gasteiger partial charge in [0.1, 0.15) is 0 Å². The van der Waals surface area contributed by atoms with E-state index in [4.69, 9.17) is 0 Å². The molecular weight excluding hydrogens is 236 g/mol. The molecule has 3 nitrogen and oxygen atoms in total. The highest BCUT2D eigenvalue weighted by Gasteiger charge is 2.20. The molecule has 1 aromatic rings. The lowest BCUT2D eigenvalue weighted by atomic mass is 10.1. The van der Waals surface area contributed by atoms with Crippen molar-refractivity contribution < 1.29 is 4.79 Å². The van der Waals surface area contributed by atoms with Gasteiger partial charge in [-0.1, -0.05) is 32.4 Å². The van der Waals surface area contributed by atoms with Gasteiger partial charge in [0, 0.05) is 31.7 Å². The van der Waals surface area contributed by atoms with E-state index in [2.05, 4.69) is 30.9 Å². The molecule has 0 spiro atoms. The van der Waals surface area contributed by atoms with Crippen LogP contribution in [0.5, 0.6) is 0 Å². The molecule has 1 amide bonds. The zero-order valence-electron chi connectivity index (χ0n) is 12.1. The Morgan fingerprint density at radius 3 is 2.21 bits per heavy atom. The highest BCUT2D eigenvalue weighted by molar-refractivity contribution is 5.94. The van der Waals surface area contributed by atoms with Crippen molar-refractivity contribution in [3.8, 4) is 0 Å². The van der Waals surface area contributed by atoms with Gasteiger partial charge in [-0.15, -0.1) is 0 Å². The van der Waals surface area contributed by atoms with Crippen molar-refractivity contribution in [2.45, 2.75) is 26.7 Å². The predicted molar refractivity (Wildman–Crippen MR) is 78.5 cm³/mol. The van der Waals surface area contributed by atoms with Gasteiger partial charge in [-0.05, 0) is 30.7 Å². The number of nitrogens with zero attached hydrogens (tertiary/aromatic N) is 2. The molecule has 1 heterocycles. The zero-order valence-corrected chi connectivity index (χ0v) is 12.1. The number of aryl methyl sites for hydroxylation is 1. The number of hydrogen-bond donors (Lipinski definition) is 0. The molecule has 1 aliphatic rings. The van der Waals surface area contributed by atoms with E-state index in [1.807, 2.05) is 17.0 Å². The summed E-state index contributed by atoms with van der Waals surface area (Å²) in [5.74, 6) is 0.179. The molecule has 1 fully saturated rings. The average Bonchev–Trinajstić information content (AvgIpc) is 2.48. The first kappa shape index (κ1) is 14.1. The molecule has 0 saturated carbocycles. The van der Waals surface area contributed by atoms with Crippen LogP contribution in [-0.2, 0) is 6.42 Å². The van der Waals surface area contributed by atoms with E-state index in [-0.39, 0.29) is 5.91 Å². The van der Waals surface area contributed by atoms with Gasteiger partial charge in [0.2, 0.25) is 0 Å². The Bertz CT molecular complexity index is 405. The summed E-state index contributed by atoms with van der Waals surface area (Å²) in [4.78, 5) is 16.7. The molecule has 0 aliphatic carbocycles. The van der Waals surface area contributed by atoms with E-state index >= 15 is 0 Å². The van der Waals surface area contributed by atoms with Gasteiger partial charge in [-0.3, -0.25) is 4.79 Å². The maximum absolute atomic E-state index is 12.4. The van der Waals surface area contributed by atoms with Crippen LogP contribution < -0.4 is 0 Å². The van der Waals surface area contributed by atoms with Crippen LogP contribution in [0.25, 0.3) is 0 Å². The van der Waals surface area contributed by atoms with Crippen LogP contribution in [-0.4, -0.2) is 48.4 Å². The normalized spacial score (nSPS) is 16.6. The minimum absolute atomic E-state index is 0.179.